The standard InChI is InChI=1S/C14H22O2S/c1-9(2)11(8-14(15)16-5)13-7-6-12(17-13)10(3)4/h6-7,9-11H,8H2,1-5H3. The number of rotatable bonds is 5. The molecule has 0 aliphatic heterocycles. The molecule has 0 aliphatic carbocycles. The molecule has 3 heteroatoms. The van der Waals surface area contributed by atoms with Gasteiger partial charge in [0.2, 0.25) is 0 Å². The lowest BCUT2D eigenvalue weighted by atomic mass is 9.91. The molecule has 17 heavy (non-hydrogen) atoms. The Balaban J connectivity index is 2.86. The van der Waals surface area contributed by atoms with Crippen molar-refractivity contribution < 1.29 is 9.53 Å². The van der Waals surface area contributed by atoms with Gasteiger partial charge in [0.15, 0.2) is 0 Å². The molecule has 0 fully saturated rings. The average Bonchev–Trinajstić information content (AvgIpc) is 2.74. The highest BCUT2D eigenvalue weighted by Gasteiger charge is 2.22. The van der Waals surface area contributed by atoms with Crippen molar-refractivity contribution in [2.45, 2.75) is 46.0 Å². The van der Waals surface area contributed by atoms with E-state index in [0.29, 0.717) is 18.3 Å². The van der Waals surface area contributed by atoms with Crippen LogP contribution in [0.4, 0.5) is 0 Å². The van der Waals surface area contributed by atoms with Crippen LogP contribution in [0.15, 0.2) is 12.1 Å². The molecular weight excluding hydrogens is 232 g/mol. The van der Waals surface area contributed by atoms with Crippen LogP contribution < -0.4 is 0 Å². The zero-order valence-corrected chi connectivity index (χ0v) is 12.1. The molecule has 1 heterocycles. The quantitative estimate of drug-likeness (QED) is 0.737. The van der Waals surface area contributed by atoms with E-state index in [1.54, 1.807) is 0 Å². The molecule has 1 atom stereocenters. The predicted octanol–water partition coefficient (Wildman–Crippen LogP) is 4.17. The molecule has 0 bridgehead atoms. The van der Waals surface area contributed by atoms with Gasteiger partial charge >= 0.3 is 5.97 Å². The van der Waals surface area contributed by atoms with Crippen molar-refractivity contribution in [3.8, 4) is 0 Å². The summed E-state index contributed by atoms with van der Waals surface area (Å²) in [6, 6.07) is 4.34. The Hall–Kier alpha value is -0.830. The maximum absolute atomic E-state index is 11.4. The Morgan fingerprint density at radius 3 is 2.24 bits per heavy atom. The van der Waals surface area contributed by atoms with E-state index in [2.05, 4.69) is 39.8 Å². The molecule has 0 spiro atoms. The minimum absolute atomic E-state index is 0.122. The van der Waals surface area contributed by atoms with E-state index in [4.69, 9.17) is 4.74 Å². The van der Waals surface area contributed by atoms with Crippen LogP contribution in [0.1, 0.15) is 55.7 Å². The lowest BCUT2D eigenvalue weighted by Crippen LogP contribution is -2.12. The van der Waals surface area contributed by atoms with E-state index in [0.717, 1.165) is 0 Å². The largest absolute Gasteiger partial charge is 0.469 e. The number of hydrogen-bond acceptors (Lipinski definition) is 3. The third-order valence-corrected chi connectivity index (χ3v) is 4.52. The van der Waals surface area contributed by atoms with Crippen LogP contribution in [0.2, 0.25) is 0 Å². The van der Waals surface area contributed by atoms with Crippen molar-refractivity contribution in [1.82, 2.24) is 0 Å². The van der Waals surface area contributed by atoms with E-state index in [1.807, 2.05) is 11.3 Å². The number of carbonyl (C=O) groups is 1. The fraction of sp³-hybridized carbons (Fsp3) is 0.643. The fourth-order valence-corrected chi connectivity index (χ4v) is 3.09. The van der Waals surface area contributed by atoms with Crippen molar-refractivity contribution in [2.24, 2.45) is 5.92 Å². The van der Waals surface area contributed by atoms with Gasteiger partial charge in [0.1, 0.15) is 0 Å². The molecular formula is C14H22O2S. The maximum Gasteiger partial charge on any atom is 0.306 e. The molecule has 0 aliphatic rings. The summed E-state index contributed by atoms with van der Waals surface area (Å²) >= 11 is 1.82. The van der Waals surface area contributed by atoms with Gasteiger partial charge in [-0.25, -0.2) is 0 Å². The minimum Gasteiger partial charge on any atom is -0.469 e. The third kappa shape index (κ3) is 3.84. The van der Waals surface area contributed by atoms with Crippen molar-refractivity contribution in [3.63, 3.8) is 0 Å². The van der Waals surface area contributed by atoms with E-state index in [1.165, 1.54) is 16.9 Å². The van der Waals surface area contributed by atoms with Crippen LogP contribution >= 0.6 is 11.3 Å². The van der Waals surface area contributed by atoms with E-state index in [-0.39, 0.29) is 11.9 Å². The van der Waals surface area contributed by atoms with Gasteiger partial charge in [-0.3, -0.25) is 4.79 Å². The Morgan fingerprint density at radius 2 is 1.82 bits per heavy atom. The highest BCUT2D eigenvalue weighted by Crippen LogP contribution is 2.35. The highest BCUT2D eigenvalue weighted by molar-refractivity contribution is 7.12. The van der Waals surface area contributed by atoms with Gasteiger partial charge in [0.25, 0.3) is 0 Å². The second kappa shape index (κ2) is 6.20. The maximum atomic E-state index is 11.4. The molecule has 1 aromatic heterocycles. The molecule has 0 N–H and O–H groups in total. The van der Waals surface area contributed by atoms with Gasteiger partial charge < -0.3 is 4.74 Å². The lowest BCUT2D eigenvalue weighted by Gasteiger charge is -2.18. The Morgan fingerprint density at radius 1 is 1.24 bits per heavy atom. The second-order valence-electron chi connectivity index (χ2n) is 5.03. The summed E-state index contributed by atoms with van der Waals surface area (Å²) < 4.78 is 4.77. The SMILES string of the molecule is COC(=O)CC(c1ccc(C(C)C)s1)C(C)C. The van der Waals surface area contributed by atoms with Crippen molar-refractivity contribution in [2.75, 3.05) is 7.11 Å². The average molecular weight is 254 g/mol. The Bertz CT molecular complexity index is 366. The molecule has 1 unspecified atom stereocenters. The number of thiophene rings is 1. The number of ether oxygens (including phenoxy) is 1. The van der Waals surface area contributed by atoms with Gasteiger partial charge in [0, 0.05) is 15.7 Å². The molecule has 0 aromatic carbocycles. The zero-order valence-electron chi connectivity index (χ0n) is 11.3. The third-order valence-electron chi connectivity index (χ3n) is 3.00. The highest BCUT2D eigenvalue weighted by atomic mass is 32.1. The zero-order chi connectivity index (χ0) is 13.0. The summed E-state index contributed by atoms with van der Waals surface area (Å²) in [6.45, 7) is 8.70. The van der Waals surface area contributed by atoms with E-state index in [9.17, 15) is 4.79 Å². The first kappa shape index (κ1) is 14.2. The van der Waals surface area contributed by atoms with Crippen molar-refractivity contribution >= 4 is 17.3 Å². The lowest BCUT2D eigenvalue weighted by molar-refractivity contribution is -0.141. The Labute approximate surface area is 108 Å². The van der Waals surface area contributed by atoms with E-state index >= 15 is 0 Å². The van der Waals surface area contributed by atoms with Crippen LogP contribution in [0.5, 0.6) is 0 Å². The van der Waals surface area contributed by atoms with E-state index < -0.39 is 0 Å². The van der Waals surface area contributed by atoms with Crippen LogP contribution in [0, 0.1) is 5.92 Å². The van der Waals surface area contributed by atoms with Gasteiger partial charge in [-0.1, -0.05) is 27.7 Å². The summed E-state index contributed by atoms with van der Waals surface area (Å²) in [5.41, 5.74) is 0. The van der Waals surface area contributed by atoms with Crippen LogP contribution in [-0.2, 0) is 9.53 Å². The summed E-state index contributed by atoms with van der Waals surface area (Å²) in [5.74, 6) is 1.16. The fourth-order valence-electron chi connectivity index (χ4n) is 1.81. The number of esters is 1. The van der Waals surface area contributed by atoms with Crippen LogP contribution in [0.25, 0.3) is 0 Å². The number of hydrogen-bond donors (Lipinski definition) is 0. The first-order valence-electron chi connectivity index (χ1n) is 6.12. The van der Waals surface area contributed by atoms with Crippen molar-refractivity contribution in [1.29, 1.82) is 0 Å². The molecule has 96 valence electrons. The molecule has 1 aromatic rings. The van der Waals surface area contributed by atoms with Crippen molar-refractivity contribution in [3.05, 3.63) is 21.9 Å². The smallest absolute Gasteiger partial charge is 0.306 e. The van der Waals surface area contributed by atoms with Gasteiger partial charge in [-0.05, 0) is 24.0 Å². The first-order chi connectivity index (χ1) is 7.95. The molecule has 2 nitrogen and oxygen atoms in total. The predicted molar refractivity (Wildman–Crippen MR) is 72.6 cm³/mol. The van der Waals surface area contributed by atoms with Gasteiger partial charge in [-0.2, -0.15) is 0 Å². The van der Waals surface area contributed by atoms with Gasteiger partial charge in [0.05, 0.1) is 13.5 Å². The summed E-state index contributed by atoms with van der Waals surface area (Å²) in [4.78, 5) is 14.1. The molecule has 0 saturated heterocycles. The number of methoxy groups -OCH3 is 1. The molecule has 0 saturated carbocycles. The number of carbonyl (C=O) groups excluding carboxylic acids is 1. The Kier molecular flexibility index (Phi) is 5.19. The molecule has 1 rings (SSSR count). The minimum atomic E-state index is -0.122. The topological polar surface area (TPSA) is 26.3 Å². The molecule has 0 amide bonds. The second-order valence-corrected chi connectivity index (χ2v) is 6.17. The normalized spacial score (nSPS) is 13.1. The summed E-state index contributed by atoms with van der Waals surface area (Å²) in [5, 5.41) is 0. The first-order valence-corrected chi connectivity index (χ1v) is 6.93. The van der Waals surface area contributed by atoms with Crippen LogP contribution in [-0.4, -0.2) is 13.1 Å². The molecule has 0 radical (unpaired) electrons. The monoisotopic (exact) mass is 254 g/mol. The summed E-state index contributed by atoms with van der Waals surface area (Å²) in [6.07, 6.45) is 0.478. The summed E-state index contributed by atoms with van der Waals surface area (Å²) in [7, 11) is 1.45. The van der Waals surface area contributed by atoms with Crippen LogP contribution in [0.3, 0.4) is 0 Å². The van der Waals surface area contributed by atoms with Gasteiger partial charge in [-0.15, -0.1) is 11.3 Å².